The van der Waals surface area contributed by atoms with Crippen LogP contribution in [-0.2, 0) is 30.3 Å². The van der Waals surface area contributed by atoms with E-state index in [0.29, 0.717) is 6.42 Å². The van der Waals surface area contributed by atoms with Crippen LogP contribution in [0.2, 0.25) is 0 Å². The van der Waals surface area contributed by atoms with Gasteiger partial charge in [-0.25, -0.2) is 0 Å². The SMILES string of the molecule is COC(=O)CC(=O)C1(Cc2ccccc2)CCOC1=O. The van der Waals surface area contributed by atoms with Gasteiger partial charge in [-0.2, -0.15) is 0 Å². The first kappa shape index (κ1) is 14.2. The lowest BCUT2D eigenvalue weighted by Crippen LogP contribution is -2.39. The summed E-state index contributed by atoms with van der Waals surface area (Å²) in [5.74, 6) is -1.62. The van der Waals surface area contributed by atoms with Crippen molar-refractivity contribution in [1.82, 2.24) is 0 Å². The van der Waals surface area contributed by atoms with Gasteiger partial charge >= 0.3 is 11.9 Å². The van der Waals surface area contributed by atoms with Gasteiger partial charge in [0, 0.05) is 6.42 Å². The summed E-state index contributed by atoms with van der Waals surface area (Å²) in [7, 11) is 1.21. The molecule has 0 aliphatic carbocycles. The highest BCUT2D eigenvalue weighted by molar-refractivity contribution is 6.10. The maximum atomic E-state index is 12.3. The summed E-state index contributed by atoms with van der Waals surface area (Å²) < 4.78 is 9.46. The highest BCUT2D eigenvalue weighted by Crippen LogP contribution is 2.36. The van der Waals surface area contributed by atoms with E-state index in [9.17, 15) is 14.4 Å². The van der Waals surface area contributed by atoms with Gasteiger partial charge in [0.15, 0.2) is 5.78 Å². The highest BCUT2D eigenvalue weighted by atomic mass is 16.5. The van der Waals surface area contributed by atoms with Crippen molar-refractivity contribution in [1.29, 1.82) is 0 Å². The Kier molecular flexibility index (Phi) is 4.17. The molecule has 0 amide bonds. The molecule has 1 aliphatic heterocycles. The number of hydrogen-bond donors (Lipinski definition) is 0. The summed E-state index contributed by atoms with van der Waals surface area (Å²) in [5.41, 5.74) is -0.389. The largest absolute Gasteiger partial charge is 0.469 e. The van der Waals surface area contributed by atoms with E-state index >= 15 is 0 Å². The zero-order valence-electron chi connectivity index (χ0n) is 11.3. The molecule has 0 aromatic heterocycles. The quantitative estimate of drug-likeness (QED) is 0.599. The second-order valence-electron chi connectivity index (χ2n) is 4.81. The molecule has 5 heteroatoms. The zero-order chi connectivity index (χ0) is 14.6. The van der Waals surface area contributed by atoms with Crippen LogP contribution in [-0.4, -0.2) is 31.4 Å². The number of hydrogen-bond acceptors (Lipinski definition) is 5. The van der Waals surface area contributed by atoms with Gasteiger partial charge in [-0.15, -0.1) is 0 Å². The van der Waals surface area contributed by atoms with Crippen LogP contribution < -0.4 is 0 Å². The third-order valence-electron chi connectivity index (χ3n) is 3.57. The Morgan fingerprint density at radius 1 is 1.30 bits per heavy atom. The third kappa shape index (κ3) is 2.71. The molecule has 20 heavy (non-hydrogen) atoms. The molecule has 0 N–H and O–H groups in total. The molecular weight excluding hydrogens is 260 g/mol. The molecule has 1 atom stereocenters. The van der Waals surface area contributed by atoms with Crippen molar-refractivity contribution < 1.29 is 23.9 Å². The number of Topliss-reactive ketones (excluding diaryl/α,β-unsaturated/α-hetero) is 1. The van der Waals surface area contributed by atoms with E-state index in [2.05, 4.69) is 4.74 Å². The predicted molar refractivity (Wildman–Crippen MR) is 69.8 cm³/mol. The standard InChI is InChI=1S/C15H16O5/c1-19-13(17)9-12(16)15(7-8-20-14(15)18)10-11-5-3-2-4-6-11/h2-6H,7-10H2,1H3. The number of methoxy groups -OCH3 is 1. The Balaban J connectivity index is 2.25. The second kappa shape index (κ2) is 5.86. The molecule has 0 saturated carbocycles. The molecule has 1 heterocycles. The maximum Gasteiger partial charge on any atom is 0.320 e. The summed E-state index contributed by atoms with van der Waals surface area (Å²) in [6, 6.07) is 9.24. The van der Waals surface area contributed by atoms with Crippen molar-refractivity contribution in [3.63, 3.8) is 0 Å². The van der Waals surface area contributed by atoms with E-state index in [4.69, 9.17) is 4.74 Å². The summed E-state index contributed by atoms with van der Waals surface area (Å²) >= 11 is 0. The Hall–Kier alpha value is -2.17. The lowest BCUT2D eigenvalue weighted by molar-refractivity contribution is -0.153. The fraction of sp³-hybridized carbons (Fsp3) is 0.400. The summed E-state index contributed by atoms with van der Waals surface area (Å²) in [6.45, 7) is 0.207. The molecule has 1 unspecified atom stereocenters. The van der Waals surface area contributed by atoms with Gasteiger partial charge in [-0.05, 0) is 12.0 Å². The Bertz CT molecular complexity index is 522. The first-order valence-corrected chi connectivity index (χ1v) is 6.40. The maximum absolute atomic E-state index is 12.3. The molecule has 0 radical (unpaired) electrons. The molecule has 0 spiro atoms. The minimum absolute atomic E-state index is 0.207. The molecule has 1 aromatic carbocycles. The lowest BCUT2D eigenvalue weighted by atomic mass is 9.75. The van der Waals surface area contributed by atoms with Crippen molar-refractivity contribution in [3.8, 4) is 0 Å². The van der Waals surface area contributed by atoms with Crippen LogP contribution in [0.1, 0.15) is 18.4 Å². The third-order valence-corrected chi connectivity index (χ3v) is 3.57. The van der Waals surface area contributed by atoms with Crippen molar-refractivity contribution in [2.75, 3.05) is 13.7 Å². The number of cyclic esters (lactones) is 1. The van der Waals surface area contributed by atoms with Gasteiger partial charge in [0.25, 0.3) is 0 Å². The average molecular weight is 276 g/mol. The van der Waals surface area contributed by atoms with Gasteiger partial charge < -0.3 is 9.47 Å². The molecule has 2 rings (SSSR count). The minimum Gasteiger partial charge on any atom is -0.469 e. The molecule has 1 aliphatic rings. The number of esters is 2. The summed E-state index contributed by atoms with van der Waals surface area (Å²) in [5, 5.41) is 0. The normalized spacial score (nSPS) is 21.4. The first-order chi connectivity index (χ1) is 9.58. The van der Waals surface area contributed by atoms with Crippen molar-refractivity contribution in [3.05, 3.63) is 35.9 Å². The van der Waals surface area contributed by atoms with E-state index < -0.39 is 29.6 Å². The van der Waals surface area contributed by atoms with Gasteiger partial charge in [-0.1, -0.05) is 30.3 Å². The molecule has 106 valence electrons. The average Bonchev–Trinajstić information content (AvgIpc) is 2.82. The number of carbonyl (C=O) groups excluding carboxylic acids is 3. The van der Waals surface area contributed by atoms with Gasteiger partial charge in [0.2, 0.25) is 0 Å². The first-order valence-electron chi connectivity index (χ1n) is 6.40. The Morgan fingerprint density at radius 3 is 2.55 bits per heavy atom. The zero-order valence-corrected chi connectivity index (χ0v) is 11.3. The van der Waals surface area contributed by atoms with Crippen LogP contribution in [0, 0.1) is 5.41 Å². The monoisotopic (exact) mass is 276 g/mol. The number of benzene rings is 1. The van der Waals surface area contributed by atoms with Crippen LogP contribution in [0.4, 0.5) is 0 Å². The van der Waals surface area contributed by atoms with Crippen LogP contribution >= 0.6 is 0 Å². The van der Waals surface area contributed by atoms with E-state index in [1.54, 1.807) is 0 Å². The highest BCUT2D eigenvalue weighted by Gasteiger charge is 2.51. The number of ether oxygens (including phenoxy) is 2. The topological polar surface area (TPSA) is 69.7 Å². The van der Waals surface area contributed by atoms with Gasteiger partial charge in [0.1, 0.15) is 11.8 Å². The van der Waals surface area contributed by atoms with Crippen molar-refractivity contribution >= 4 is 17.7 Å². The number of carbonyl (C=O) groups is 3. The Morgan fingerprint density at radius 2 is 2.00 bits per heavy atom. The van der Waals surface area contributed by atoms with Crippen molar-refractivity contribution in [2.24, 2.45) is 5.41 Å². The van der Waals surface area contributed by atoms with Crippen LogP contribution in [0.5, 0.6) is 0 Å². The molecule has 1 saturated heterocycles. The van der Waals surface area contributed by atoms with E-state index in [-0.39, 0.29) is 13.0 Å². The van der Waals surface area contributed by atoms with E-state index in [0.717, 1.165) is 5.56 Å². The molecule has 0 bridgehead atoms. The van der Waals surface area contributed by atoms with Gasteiger partial charge in [0.05, 0.1) is 13.7 Å². The molecular formula is C15H16O5. The van der Waals surface area contributed by atoms with Gasteiger partial charge in [-0.3, -0.25) is 14.4 Å². The van der Waals surface area contributed by atoms with Crippen molar-refractivity contribution in [2.45, 2.75) is 19.3 Å². The van der Waals surface area contributed by atoms with Crippen LogP contribution in [0.15, 0.2) is 30.3 Å². The molecule has 1 fully saturated rings. The molecule has 5 nitrogen and oxygen atoms in total. The fourth-order valence-corrected chi connectivity index (χ4v) is 2.39. The summed E-state index contributed by atoms with van der Waals surface area (Å²) in [4.78, 5) is 35.7. The molecule has 1 aromatic rings. The van der Waals surface area contributed by atoms with E-state index in [1.807, 2.05) is 30.3 Å². The predicted octanol–water partition coefficient (Wildman–Crippen LogP) is 1.29. The van der Waals surface area contributed by atoms with Crippen LogP contribution in [0.3, 0.4) is 0 Å². The number of rotatable bonds is 5. The minimum atomic E-state index is -1.25. The fourth-order valence-electron chi connectivity index (χ4n) is 2.39. The summed E-state index contributed by atoms with van der Waals surface area (Å²) in [6.07, 6.45) is 0.150. The number of ketones is 1. The Labute approximate surface area is 116 Å². The van der Waals surface area contributed by atoms with E-state index in [1.165, 1.54) is 7.11 Å². The smallest absolute Gasteiger partial charge is 0.320 e. The van der Waals surface area contributed by atoms with Crippen LogP contribution in [0.25, 0.3) is 0 Å². The second-order valence-corrected chi connectivity index (χ2v) is 4.81. The lowest BCUT2D eigenvalue weighted by Gasteiger charge is -2.22.